The number of hydrogen-bond donors (Lipinski definition) is 1. The van der Waals surface area contributed by atoms with E-state index in [0.29, 0.717) is 28.4 Å². The Kier molecular flexibility index (Phi) is 4.18. The summed E-state index contributed by atoms with van der Waals surface area (Å²) in [6.45, 7) is 4.87. The lowest BCUT2D eigenvalue weighted by atomic mass is 10.0. The highest BCUT2D eigenvalue weighted by molar-refractivity contribution is 7.92. The number of sulfonamides is 1. The lowest BCUT2D eigenvalue weighted by Gasteiger charge is -2.39. The van der Waals surface area contributed by atoms with E-state index in [4.69, 9.17) is 4.74 Å². The van der Waals surface area contributed by atoms with E-state index >= 15 is 0 Å². The lowest BCUT2D eigenvalue weighted by Crippen LogP contribution is -2.50. The molecule has 1 aliphatic rings. The van der Waals surface area contributed by atoms with E-state index < -0.39 is 15.6 Å². The zero-order valence-corrected chi connectivity index (χ0v) is 15.6. The molecule has 0 aromatic heterocycles. The van der Waals surface area contributed by atoms with Crippen molar-refractivity contribution in [3.05, 3.63) is 47.8 Å². The summed E-state index contributed by atoms with van der Waals surface area (Å²) in [6.07, 6.45) is 1.05. The summed E-state index contributed by atoms with van der Waals surface area (Å²) in [7, 11) is -3.45. The molecule has 6 nitrogen and oxygen atoms in total. The number of nitrogens with zero attached hydrogens (tertiary/aromatic N) is 1. The minimum atomic E-state index is -3.45. The first-order chi connectivity index (χ1) is 12.0. The largest absolute Gasteiger partial charge is 0.476 e. The van der Waals surface area contributed by atoms with Crippen molar-refractivity contribution in [2.75, 3.05) is 15.9 Å². The molecule has 2 aromatic carbocycles. The molecule has 0 atom stereocenters. The Hall–Kier alpha value is -2.61. The van der Waals surface area contributed by atoms with Crippen molar-refractivity contribution in [2.45, 2.75) is 26.4 Å². The number of rotatable bonds is 3. The summed E-state index contributed by atoms with van der Waals surface area (Å²) < 4.78 is 44.7. The van der Waals surface area contributed by atoms with Crippen LogP contribution in [0.15, 0.2) is 36.4 Å². The number of nitrogens with one attached hydrogen (secondary N) is 1. The molecule has 0 saturated heterocycles. The highest BCUT2D eigenvalue weighted by Gasteiger charge is 2.41. The number of hydrogen-bond acceptors (Lipinski definition) is 4. The van der Waals surface area contributed by atoms with E-state index in [1.165, 1.54) is 29.2 Å². The van der Waals surface area contributed by atoms with Crippen LogP contribution in [0.5, 0.6) is 5.75 Å². The van der Waals surface area contributed by atoms with E-state index in [1.807, 2.05) is 0 Å². The molecule has 0 unspecified atom stereocenters. The van der Waals surface area contributed by atoms with Crippen LogP contribution in [-0.4, -0.2) is 26.2 Å². The minimum absolute atomic E-state index is 0.306. The van der Waals surface area contributed by atoms with Crippen LogP contribution in [0.4, 0.5) is 21.5 Å². The maximum absolute atomic E-state index is 13.6. The van der Waals surface area contributed by atoms with Gasteiger partial charge >= 0.3 is 0 Å². The number of fused-ring (bicyclic) bond motifs is 1. The molecule has 1 aliphatic heterocycles. The number of anilines is 3. The van der Waals surface area contributed by atoms with Crippen molar-refractivity contribution in [3.8, 4) is 5.75 Å². The first-order valence-electron chi connectivity index (χ1n) is 7.89. The van der Waals surface area contributed by atoms with Crippen LogP contribution in [-0.2, 0) is 14.8 Å². The number of amides is 1. The highest BCUT2D eigenvalue weighted by atomic mass is 32.2. The fraction of sp³-hybridized carbons (Fsp3) is 0.278. The number of benzene rings is 2. The van der Waals surface area contributed by atoms with Gasteiger partial charge in [0.15, 0.2) is 5.60 Å². The molecule has 0 saturated carbocycles. The quantitative estimate of drug-likeness (QED) is 0.889. The van der Waals surface area contributed by atoms with Crippen molar-refractivity contribution < 1.29 is 22.3 Å². The zero-order chi connectivity index (χ0) is 19.3. The second-order valence-electron chi connectivity index (χ2n) is 6.74. The summed E-state index contributed by atoms with van der Waals surface area (Å²) in [5, 5.41) is 0. The minimum Gasteiger partial charge on any atom is -0.476 e. The van der Waals surface area contributed by atoms with Crippen molar-refractivity contribution in [3.63, 3.8) is 0 Å². The van der Waals surface area contributed by atoms with Gasteiger partial charge in [-0.05, 0) is 56.7 Å². The van der Waals surface area contributed by atoms with Gasteiger partial charge in [-0.1, -0.05) is 0 Å². The molecule has 0 spiro atoms. The van der Waals surface area contributed by atoms with Gasteiger partial charge in [0, 0.05) is 11.8 Å². The predicted molar refractivity (Wildman–Crippen MR) is 97.9 cm³/mol. The topological polar surface area (TPSA) is 75.7 Å². The molecule has 26 heavy (non-hydrogen) atoms. The first-order valence-corrected chi connectivity index (χ1v) is 9.79. The van der Waals surface area contributed by atoms with Gasteiger partial charge in [-0.3, -0.25) is 14.4 Å². The normalized spacial score (nSPS) is 16.0. The fourth-order valence-corrected chi connectivity index (χ4v) is 3.33. The van der Waals surface area contributed by atoms with Crippen LogP contribution in [0.25, 0.3) is 0 Å². The summed E-state index contributed by atoms with van der Waals surface area (Å²) in [5.74, 6) is -0.313. The Balaban J connectivity index is 2.14. The first kappa shape index (κ1) is 18.2. The zero-order valence-electron chi connectivity index (χ0n) is 14.8. The third-order valence-corrected chi connectivity index (χ3v) is 4.59. The highest BCUT2D eigenvalue weighted by Crippen LogP contribution is 2.43. The molecule has 2 aromatic rings. The number of aryl methyl sites for hydroxylation is 1. The average molecular weight is 378 g/mol. The molecule has 0 radical (unpaired) electrons. The van der Waals surface area contributed by atoms with Crippen LogP contribution in [0, 0.1) is 12.7 Å². The molecular weight excluding hydrogens is 359 g/mol. The van der Waals surface area contributed by atoms with Crippen molar-refractivity contribution >= 4 is 33.0 Å². The van der Waals surface area contributed by atoms with Crippen LogP contribution in [0.1, 0.15) is 19.4 Å². The molecule has 0 bridgehead atoms. The summed E-state index contributed by atoms with van der Waals surface area (Å²) in [6, 6.07) is 9.07. The Bertz CT molecular complexity index is 1000. The van der Waals surface area contributed by atoms with Crippen molar-refractivity contribution in [2.24, 2.45) is 0 Å². The van der Waals surface area contributed by atoms with E-state index in [1.54, 1.807) is 32.9 Å². The smallest absolute Gasteiger partial charge is 0.275 e. The van der Waals surface area contributed by atoms with Gasteiger partial charge in [0.1, 0.15) is 11.6 Å². The number of carbonyl (C=O) groups excluding carboxylic acids is 1. The van der Waals surface area contributed by atoms with E-state index in [-0.39, 0.29) is 11.7 Å². The Morgan fingerprint density at radius 3 is 2.46 bits per heavy atom. The molecule has 138 valence electrons. The van der Waals surface area contributed by atoms with Gasteiger partial charge in [-0.2, -0.15) is 0 Å². The standard InChI is InChI=1S/C18H19FN2O4S/c1-11-9-13(6-7-14(11)19)21-15-8-5-12(20-26(4,23)24)10-16(15)25-18(2,3)17(21)22/h5-10,20H,1-4H3. The van der Waals surface area contributed by atoms with Crippen molar-refractivity contribution in [1.29, 1.82) is 0 Å². The molecule has 0 aliphatic carbocycles. The van der Waals surface area contributed by atoms with E-state index in [2.05, 4.69) is 4.72 Å². The van der Waals surface area contributed by atoms with Gasteiger partial charge < -0.3 is 4.74 Å². The third kappa shape index (κ3) is 3.37. The summed E-state index contributed by atoms with van der Waals surface area (Å²) in [5.41, 5.74) is 0.539. The second kappa shape index (κ2) is 5.98. The maximum atomic E-state index is 13.6. The van der Waals surface area contributed by atoms with Gasteiger partial charge in [-0.15, -0.1) is 0 Å². The number of halogens is 1. The fourth-order valence-electron chi connectivity index (χ4n) is 2.78. The van der Waals surface area contributed by atoms with Gasteiger partial charge in [0.05, 0.1) is 17.6 Å². The Morgan fingerprint density at radius 2 is 1.85 bits per heavy atom. The summed E-state index contributed by atoms with van der Waals surface area (Å²) in [4.78, 5) is 14.4. The van der Waals surface area contributed by atoms with E-state index in [9.17, 15) is 17.6 Å². The summed E-state index contributed by atoms with van der Waals surface area (Å²) >= 11 is 0. The maximum Gasteiger partial charge on any atom is 0.275 e. The number of ether oxygens (including phenoxy) is 1. The monoisotopic (exact) mass is 378 g/mol. The second-order valence-corrected chi connectivity index (χ2v) is 8.49. The van der Waals surface area contributed by atoms with Crippen molar-refractivity contribution in [1.82, 2.24) is 0 Å². The Morgan fingerprint density at radius 1 is 1.15 bits per heavy atom. The molecule has 1 N–H and O–H groups in total. The predicted octanol–water partition coefficient (Wildman–Crippen LogP) is 3.34. The van der Waals surface area contributed by atoms with Gasteiger partial charge in [0.25, 0.3) is 5.91 Å². The van der Waals surface area contributed by atoms with Crippen LogP contribution >= 0.6 is 0 Å². The average Bonchev–Trinajstić information content (AvgIpc) is 2.50. The SMILES string of the molecule is Cc1cc(N2C(=O)C(C)(C)Oc3cc(NS(C)(=O)=O)ccc32)ccc1F. The van der Waals surface area contributed by atoms with Crippen LogP contribution in [0.2, 0.25) is 0 Å². The molecule has 1 heterocycles. The van der Waals surface area contributed by atoms with E-state index in [0.717, 1.165) is 6.26 Å². The van der Waals surface area contributed by atoms with Gasteiger partial charge in [0.2, 0.25) is 10.0 Å². The third-order valence-electron chi connectivity index (χ3n) is 3.99. The van der Waals surface area contributed by atoms with Gasteiger partial charge in [-0.25, -0.2) is 12.8 Å². The number of carbonyl (C=O) groups is 1. The van der Waals surface area contributed by atoms with Crippen LogP contribution in [0.3, 0.4) is 0 Å². The molecule has 3 rings (SSSR count). The Labute approximate surface area is 151 Å². The molecule has 1 amide bonds. The lowest BCUT2D eigenvalue weighted by molar-refractivity contribution is -0.131. The van der Waals surface area contributed by atoms with Crippen LogP contribution < -0.4 is 14.4 Å². The molecular formula is C18H19FN2O4S. The molecule has 8 heteroatoms. The molecule has 0 fully saturated rings.